The van der Waals surface area contributed by atoms with E-state index >= 15 is 0 Å². The maximum Gasteiger partial charge on any atom is 0.125 e. The average molecular weight is 265 g/mol. The van der Waals surface area contributed by atoms with Crippen LogP contribution in [0.4, 0.5) is 0 Å². The number of nitrogens with one attached hydrogen (secondary N) is 1. The molecular formula is C16H27NO2. The third-order valence-electron chi connectivity index (χ3n) is 3.14. The number of aryl methyl sites for hydroxylation is 3. The van der Waals surface area contributed by atoms with Crippen molar-refractivity contribution in [2.75, 3.05) is 26.3 Å². The highest BCUT2D eigenvalue weighted by Crippen LogP contribution is 2.24. The summed E-state index contributed by atoms with van der Waals surface area (Å²) in [6.45, 7) is 8.99. The SMILES string of the molecule is Cc1cc(C)c(OCCCCCNCCO)c(C)c1. The Kier molecular flexibility index (Phi) is 7.53. The molecule has 0 saturated heterocycles. The summed E-state index contributed by atoms with van der Waals surface area (Å²) in [5, 5.41) is 11.8. The van der Waals surface area contributed by atoms with E-state index < -0.39 is 0 Å². The van der Waals surface area contributed by atoms with Crippen LogP contribution in [0.5, 0.6) is 5.75 Å². The zero-order valence-corrected chi connectivity index (χ0v) is 12.5. The van der Waals surface area contributed by atoms with Crippen molar-refractivity contribution in [3.63, 3.8) is 0 Å². The summed E-state index contributed by atoms with van der Waals surface area (Å²) in [7, 11) is 0. The van der Waals surface area contributed by atoms with Gasteiger partial charge >= 0.3 is 0 Å². The number of hydrogen-bond donors (Lipinski definition) is 2. The van der Waals surface area contributed by atoms with Crippen molar-refractivity contribution in [2.24, 2.45) is 0 Å². The van der Waals surface area contributed by atoms with Crippen LogP contribution in [0.15, 0.2) is 12.1 Å². The van der Waals surface area contributed by atoms with Gasteiger partial charge in [0, 0.05) is 6.54 Å². The summed E-state index contributed by atoms with van der Waals surface area (Å²) in [4.78, 5) is 0. The van der Waals surface area contributed by atoms with E-state index in [1.807, 2.05) is 0 Å². The Bertz CT molecular complexity index is 354. The van der Waals surface area contributed by atoms with Crippen LogP contribution < -0.4 is 10.1 Å². The van der Waals surface area contributed by atoms with Gasteiger partial charge < -0.3 is 15.2 Å². The number of benzene rings is 1. The second kappa shape index (κ2) is 8.94. The van der Waals surface area contributed by atoms with Gasteiger partial charge in [0.15, 0.2) is 0 Å². The van der Waals surface area contributed by atoms with E-state index in [9.17, 15) is 0 Å². The zero-order chi connectivity index (χ0) is 14.1. The molecule has 0 saturated carbocycles. The van der Waals surface area contributed by atoms with Gasteiger partial charge in [-0.25, -0.2) is 0 Å². The summed E-state index contributed by atoms with van der Waals surface area (Å²) in [6, 6.07) is 4.34. The number of hydrogen-bond acceptors (Lipinski definition) is 3. The molecule has 108 valence electrons. The number of ether oxygens (including phenoxy) is 1. The van der Waals surface area contributed by atoms with E-state index in [0.29, 0.717) is 6.54 Å². The first-order chi connectivity index (χ1) is 9.15. The minimum absolute atomic E-state index is 0.217. The molecule has 0 spiro atoms. The van der Waals surface area contributed by atoms with Crippen LogP contribution in [0, 0.1) is 20.8 Å². The largest absolute Gasteiger partial charge is 0.493 e. The van der Waals surface area contributed by atoms with Crippen molar-refractivity contribution >= 4 is 0 Å². The Morgan fingerprint density at radius 2 is 1.68 bits per heavy atom. The number of rotatable bonds is 9. The van der Waals surface area contributed by atoms with E-state index in [1.165, 1.54) is 16.7 Å². The molecule has 0 unspecified atom stereocenters. The molecule has 0 aliphatic heterocycles. The van der Waals surface area contributed by atoms with Crippen molar-refractivity contribution in [3.8, 4) is 5.75 Å². The van der Waals surface area contributed by atoms with Crippen LogP contribution in [0.1, 0.15) is 36.0 Å². The summed E-state index contributed by atoms with van der Waals surface area (Å²) in [5.41, 5.74) is 3.74. The first-order valence-corrected chi connectivity index (χ1v) is 7.17. The molecular weight excluding hydrogens is 238 g/mol. The summed E-state index contributed by atoms with van der Waals surface area (Å²) in [5.74, 6) is 1.05. The van der Waals surface area contributed by atoms with Crippen molar-refractivity contribution in [2.45, 2.75) is 40.0 Å². The van der Waals surface area contributed by atoms with Gasteiger partial charge in [0.2, 0.25) is 0 Å². The van der Waals surface area contributed by atoms with Gasteiger partial charge in [-0.2, -0.15) is 0 Å². The predicted octanol–water partition coefficient (Wildman–Crippen LogP) is 2.74. The van der Waals surface area contributed by atoms with Crippen molar-refractivity contribution < 1.29 is 9.84 Å². The van der Waals surface area contributed by atoms with Gasteiger partial charge in [0.05, 0.1) is 13.2 Å². The Morgan fingerprint density at radius 3 is 2.32 bits per heavy atom. The maximum absolute atomic E-state index is 8.62. The van der Waals surface area contributed by atoms with Crippen molar-refractivity contribution in [1.29, 1.82) is 0 Å². The third kappa shape index (κ3) is 6.08. The van der Waals surface area contributed by atoms with Crippen molar-refractivity contribution in [3.05, 3.63) is 28.8 Å². The van der Waals surface area contributed by atoms with Crippen LogP contribution in [0.3, 0.4) is 0 Å². The van der Waals surface area contributed by atoms with E-state index in [1.54, 1.807) is 0 Å². The maximum atomic E-state index is 8.62. The standard InChI is InChI=1S/C16H27NO2/c1-13-11-14(2)16(15(3)12-13)19-10-6-4-5-7-17-8-9-18/h11-12,17-18H,4-10H2,1-3H3. The lowest BCUT2D eigenvalue weighted by molar-refractivity contribution is 0.288. The van der Waals surface area contributed by atoms with Gasteiger partial charge in [0.1, 0.15) is 5.75 Å². The zero-order valence-electron chi connectivity index (χ0n) is 12.5. The highest BCUT2D eigenvalue weighted by atomic mass is 16.5. The molecule has 1 aromatic rings. The van der Waals surface area contributed by atoms with Gasteiger partial charge in [-0.15, -0.1) is 0 Å². The summed E-state index contributed by atoms with van der Waals surface area (Å²) < 4.78 is 5.89. The third-order valence-corrected chi connectivity index (χ3v) is 3.14. The monoisotopic (exact) mass is 265 g/mol. The molecule has 1 aromatic carbocycles. The average Bonchev–Trinajstić information content (AvgIpc) is 2.35. The predicted molar refractivity (Wildman–Crippen MR) is 80.0 cm³/mol. The number of aliphatic hydroxyl groups excluding tert-OH is 1. The highest BCUT2D eigenvalue weighted by Gasteiger charge is 2.04. The molecule has 0 bridgehead atoms. The lowest BCUT2D eigenvalue weighted by Gasteiger charge is -2.13. The van der Waals surface area contributed by atoms with Gasteiger partial charge in [-0.05, 0) is 57.7 Å². The molecule has 3 heteroatoms. The lowest BCUT2D eigenvalue weighted by Crippen LogP contribution is -2.19. The van der Waals surface area contributed by atoms with E-state index in [-0.39, 0.29) is 6.61 Å². The molecule has 0 amide bonds. The van der Waals surface area contributed by atoms with E-state index in [4.69, 9.17) is 9.84 Å². The minimum atomic E-state index is 0.217. The molecule has 0 radical (unpaired) electrons. The highest BCUT2D eigenvalue weighted by molar-refractivity contribution is 5.42. The minimum Gasteiger partial charge on any atom is -0.493 e. The Morgan fingerprint density at radius 1 is 1.00 bits per heavy atom. The quantitative estimate of drug-likeness (QED) is 0.675. The van der Waals surface area contributed by atoms with Crippen LogP contribution >= 0.6 is 0 Å². The Hall–Kier alpha value is -1.06. The molecule has 1 rings (SSSR count). The fourth-order valence-electron chi connectivity index (χ4n) is 2.30. The molecule has 19 heavy (non-hydrogen) atoms. The van der Waals surface area contributed by atoms with Crippen LogP contribution in [-0.4, -0.2) is 31.4 Å². The fourth-order valence-corrected chi connectivity index (χ4v) is 2.30. The fraction of sp³-hybridized carbons (Fsp3) is 0.625. The second-order valence-electron chi connectivity index (χ2n) is 5.11. The Labute approximate surface area is 117 Å². The smallest absolute Gasteiger partial charge is 0.125 e. The molecule has 0 fully saturated rings. The lowest BCUT2D eigenvalue weighted by atomic mass is 10.1. The van der Waals surface area contributed by atoms with Gasteiger partial charge in [-0.1, -0.05) is 17.7 Å². The summed E-state index contributed by atoms with van der Waals surface area (Å²) >= 11 is 0. The topological polar surface area (TPSA) is 41.5 Å². The van der Waals surface area contributed by atoms with E-state index in [2.05, 4.69) is 38.2 Å². The summed E-state index contributed by atoms with van der Waals surface area (Å²) in [6.07, 6.45) is 3.37. The molecule has 0 aromatic heterocycles. The Balaban J connectivity index is 2.19. The first-order valence-electron chi connectivity index (χ1n) is 7.17. The van der Waals surface area contributed by atoms with Gasteiger partial charge in [-0.3, -0.25) is 0 Å². The molecule has 0 aliphatic carbocycles. The van der Waals surface area contributed by atoms with Crippen molar-refractivity contribution in [1.82, 2.24) is 5.32 Å². The van der Waals surface area contributed by atoms with Crippen LogP contribution in [-0.2, 0) is 0 Å². The second-order valence-corrected chi connectivity index (χ2v) is 5.11. The van der Waals surface area contributed by atoms with Gasteiger partial charge in [0.25, 0.3) is 0 Å². The normalized spacial score (nSPS) is 10.7. The van der Waals surface area contributed by atoms with Crippen LogP contribution in [0.2, 0.25) is 0 Å². The molecule has 2 N–H and O–H groups in total. The van der Waals surface area contributed by atoms with E-state index in [0.717, 1.165) is 38.2 Å². The first kappa shape index (κ1) is 16.0. The molecule has 3 nitrogen and oxygen atoms in total. The molecule has 0 heterocycles. The number of aliphatic hydroxyl groups is 1. The molecule has 0 atom stereocenters. The number of unbranched alkanes of at least 4 members (excludes halogenated alkanes) is 2. The molecule has 0 aliphatic rings. The van der Waals surface area contributed by atoms with Crippen LogP contribution in [0.25, 0.3) is 0 Å².